The Kier molecular flexibility index (Phi) is 4.82. The van der Waals surface area contributed by atoms with E-state index in [1.807, 2.05) is 0 Å². The zero-order valence-corrected chi connectivity index (χ0v) is 15.6. The number of anilines is 3. The summed E-state index contributed by atoms with van der Waals surface area (Å²) in [5.74, 6) is 0.395. The van der Waals surface area contributed by atoms with Gasteiger partial charge in [-0.3, -0.25) is 4.79 Å². The van der Waals surface area contributed by atoms with Crippen LogP contribution in [0.25, 0.3) is 10.9 Å². The summed E-state index contributed by atoms with van der Waals surface area (Å²) in [4.78, 5) is 25.5. The van der Waals surface area contributed by atoms with Gasteiger partial charge in [-0.05, 0) is 36.5 Å². The fourth-order valence-corrected chi connectivity index (χ4v) is 3.18. The van der Waals surface area contributed by atoms with Gasteiger partial charge in [-0.25, -0.2) is 4.98 Å². The lowest BCUT2D eigenvalue weighted by Crippen LogP contribution is -2.40. The van der Waals surface area contributed by atoms with Crippen LogP contribution in [0.3, 0.4) is 0 Å². The molecular formula is C18H14F3N5O2S. The molecule has 0 amide bonds. The van der Waals surface area contributed by atoms with Gasteiger partial charge in [0.15, 0.2) is 5.05 Å². The second-order valence-electron chi connectivity index (χ2n) is 6.28. The topological polar surface area (TPSA) is 83.1 Å². The smallest absolute Gasteiger partial charge is 0.416 e. The third kappa shape index (κ3) is 3.99. The maximum atomic E-state index is 13.0. The van der Waals surface area contributed by atoms with Crippen LogP contribution in [0, 0.1) is 0 Å². The SMILES string of the molecule is O=c1[nH]ccc2nc(N3CCOC(=S)C3)nc(Nc3cccc(C(F)(F)F)c3)c12. The summed E-state index contributed by atoms with van der Waals surface area (Å²) < 4.78 is 44.3. The lowest BCUT2D eigenvalue weighted by atomic mass is 10.2. The van der Waals surface area contributed by atoms with Gasteiger partial charge in [-0.1, -0.05) is 6.07 Å². The zero-order valence-electron chi connectivity index (χ0n) is 14.8. The molecule has 0 unspecified atom stereocenters. The average Bonchev–Trinajstić information content (AvgIpc) is 2.67. The van der Waals surface area contributed by atoms with Crippen LogP contribution >= 0.6 is 12.2 Å². The highest BCUT2D eigenvalue weighted by atomic mass is 32.1. The van der Waals surface area contributed by atoms with E-state index in [-0.39, 0.29) is 16.9 Å². The van der Waals surface area contributed by atoms with Crippen LogP contribution in [0.5, 0.6) is 0 Å². The van der Waals surface area contributed by atoms with E-state index in [1.165, 1.54) is 18.3 Å². The summed E-state index contributed by atoms with van der Waals surface area (Å²) in [5.41, 5.74) is -0.772. The number of aromatic amines is 1. The van der Waals surface area contributed by atoms with Crippen LogP contribution in [0.1, 0.15) is 5.56 Å². The van der Waals surface area contributed by atoms with Gasteiger partial charge >= 0.3 is 6.18 Å². The summed E-state index contributed by atoms with van der Waals surface area (Å²) in [6.45, 7) is 1.15. The molecule has 0 aliphatic carbocycles. The normalized spacial score (nSPS) is 14.7. The molecule has 29 heavy (non-hydrogen) atoms. The molecule has 1 aromatic carbocycles. The Morgan fingerprint density at radius 2 is 2.07 bits per heavy atom. The van der Waals surface area contributed by atoms with Crippen molar-refractivity contribution in [3.05, 3.63) is 52.4 Å². The summed E-state index contributed by atoms with van der Waals surface area (Å²) in [6.07, 6.45) is -3.04. The molecule has 3 aromatic rings. The molecule has 2 N–H and O–H groups in total. The largest absolute Gasteiger partial charge is 0.483 e. The first-order chi connectivity index (χ1) is 13.8. The van der Waals surface area contributed by atoms with Crippen molar-refractivity contribution in [1.29, 1.82) is 0 Å². The van der Waals surface area contributed by atoms with Crippen molar-refractivity contribution in [2.45, 2.75) is 6.18 Å². The van der Waals surface area contributed by atoms with Crippen LogP contribution < -0.4 is 15.8 Å². The fraction of sp³-hybridized carbons (Fsp3) is 0.222. The van der Waals surface area contributed by atoms with Gasteiger partial charge in [0.25, 0.3) is 5.56 Å². The number of H-pyrrole nitrogens is 1. The highest BCUT2D eigenvalue weighted by Crippen LogP contribution is 2.32. The quantitative estimate of drug-likeness (QED) is 0.628. The van der Waals surface area contributed by atoms with Crippen molar-refractivity contribution >= 4 is 45.6 Å². The number of aromatic nitrogens is 3. The predicted molar refractivity (Wildman–Crippen MR) is 106 cm³/mol. The number of hydrogen-bond acceptors (Lipinski definition) is 7. The number of halogens is 3. The Morgan fingerprint density at radius 1 is 1.24 bits per heavy atom. The lowest BCUT2D eigenvalue weighted by molar-refractivity contribution is -0.137. The van der Waals surface area contributed by atoms with Crippen LogP contribution in [0.15, 0.2) is 41.3 Å². The summed E-state index contributed by atoms with van der Waals surface area (Å²) >= 11 is 5.09. The number of rotatable bonds is 3. The Hall–Kier alpha value is -3.21. The molecule has 11 heteroatoms. The molecule has 1 aliphatic rings. The number of thiocarbonyl (C=S) groups is 1. The van der Waals surface area contributed by atoms with Crippen molar-refractivity contribution in [3.8, 4) is 0 Å². The lowest BCUT2D eigenvalue weighted by Gasteiger charge is -2.28. The van der Waals surface area contributed by atoms with Gasteiger partial charge in [0.05, 0.1) is 24.2 Å². The number of benzene rings is 1. The van der Waals surface area contributed by atoms with E-state index < -0.39 is 17.3 Å². The van der Waals surface area contributed by atoms with Crippen LogP contribution in [-0.4, -0.2) is 39.7 Å². The van der Waals surface area contributed by atoms with Gasteiger partial charge < -0.3 is 19.9 Å². The molecule has 1 fully saturated rings. The molecule has 0 atom stereocenters. The number of morpholine rings is 1. The van der Waals surface area contributed by atoms with Gasteiger partial charge in [-0.15, -0.1) is 0 Å². The first-order valence-corrected chi connectivity index (χ1v) is 8.96. The van der Waals surface area contributed by atoms with E-state index in [9.17, 15) is 18.0 Å². The van der Waals surface area contributed by atoms with E-state index in [0.717, 1.165) is 12.1 Å². The molecule has 3 heterocycles. The van der Waals surface area contributed by atoms with Crippen molar-refractivity contribution in [1.82, 2.24) is 15.0 Å². The standard InChI is InChI=1S/C18H14F3N5O2S/c19-18(20,21)10-2-1-3-11(8-10)23-15-14-12(4-5-22-16(14)27)24-17(25-15)26-6-7-28-13(29)9-26/h1-5,8H,6-7,9H2,(H,22,27)(H,23,24,25). The number of ether oxygens (including phenoxy) is 1. The number of fused-ring (bicyclic) bond motifs is 1. The molecule has 1 saturated heterocycles. The summed E-state index contributed by atoms with van der Waals surface area (Å²) in [7, 11) is 0. The second-order valence-corrected chi connectivity index (χ2v) is 6.74. The molecule has 0 spiro atoms. The van der Waals surface area contributed by atoms with E-state index in [2.05, 4.69) is 20.3 Å². The molecule has 1 aliphatic heterocycles. The maximum absolute atomic E-state index is 13.0. The monoisotopic (exact) mass is 421 g/mol. The zero-order chi connectivity index (χ0) is 20.6. The van der Waals surface area contributed by atoms with Gasteiger partial charge in [0.1, 0.15) is 17.8 Å². The first kappa shape index (κ1) is 19.1. The minimum absolute atomic E-state index is 0.101. The number of pyridine rings is 1. The predicted octanol–water partition coefficient (Wildman–Crippen LogP) is 3.24. The Balaban J connectivity index is 1.80. The molecule has 4 rings (SSSR count). The number of nitrogens with one attached hydrogen (secondary N) is 2. The number of alkyl halides is 3. The van der Waals surface area contributed by atoms with Crippen molar-refractivity contribution in [2.75, 3.05) is 29.9 Å². The Morgan fingerprint density at radius 3 is 2.83 bits per heavy atom. The maximum Gasteiger partial charge on any atom is 0.416 e. The summed E-state index contributed by atoms with van der Waals surface area (Å²) in [6, 6.07) is 6.26. The number of nitrogens with zero attached hydrogens (tertiary/aromatic N) is 3. The molecule has 0 saturated carbocycles. The first-order valence-electron chi connectivity index (χ1n) is 8.55. The molecule has 0 bridgehead atoms. The highest BCUT2D eigenvalue weighted by molar-refractivity contribution is 7.80. The minimum Gasteiger partial charge on any atom is -0.483 e. The van der Waals surface area contributed by atoms with E-state index >= 15 is 0 Å². The molecule has 7 nitrogen and oxygen atoms in total. The molecule has 2 aromatic heterocycles. The molecular weight excluding hydrogens is 407 g/mol. The van der Waals surface area contributed by atoms with Gasteiger partial charge in [-0.2, -0.15) is 18.2 Å². The second kappa shape index (κ2) is 7.32. The van der Waals surface area contributed by atoms with Crippen LogP contribution in [0.4, 0.5) is 30.6 Å². The molecule has 150 valence electrons. The summed E-state index contributed by atoms with van der Waals surface area (Å²) in [5, 5.41) is 3.36. The van der Waals surface area contributed by atoms with Crippen molar-refractivity contribution in [2.24, 2.45) is 0 Å². The van der Waals surface area contributed by atoms with Crippen molar-refractivity contribution in [3.63, 3.8) is 0 Å². The average molecular weight is 421 g/mol. The number of hydrogen-bond donors (Lipinski definition) is 2. The Bertz CT molecular complexity index is 1150. The van der Waals surface area contributed by atoms with E-state index in [1.54, 1.807) is 11.0 Å². The van der Waals surface area contributed by atoms with E-state index in [4.69, 9.17) is 17.0 Å². The third-order valence-corrected chi connectivity index (χ3v) is 4.53. The van der Waals surface area contributed by atoms with Crippen LogP contribution in [0.2, 0.25) is 0 Å². The minimum atomic E-state index is -4.49. The third-order valence-electron chi connectivity index (χ3n) is 4.29. The van der Waals surface area contributed by atoms with Crippen molar-refractivity contribution < 1.29 is 17.9 Å². The van der Waals surface area contributed by atoms with Crippen LogP contribution in [-0.2, 0) is 10.9 Å². The molecule has 0 radical (unpaired) electrons. The Labute approximate surface area is 167 Å². The van der Waals surface area contributed by atoms with E-state index in [0.29, 0.717) is 36.2 Å². The highest BCUT2D eigenvalue weighted by Gasteiger charge is 2.30. The fourth-order valence-electron chi connectivity index (χ4n) is 2.94. The van der Waals surface area contributed by atoms with Gasteiger partial charge in [0.2, 0.25) is 5.95 Å². The van der Waals surface area contributed by atoms with Gasteiger partial charge in [0, 0.05) is 11.9 Å².